The van der Waals surface area contributed by atoms with Crippen molar-refractivity contribution in [2.75, 3.05) is 13.1 Å². The van der Waals surface area contributed by atoms with Crippen LogP contribution in [-0.2, 0) is 9.59 Å². The number of halogens is 7. The molecule has 0 aromatic carbocycles. The van der Waals surface area contributed by atoms with Crippen molar-refractivity contribution in [2.45, 2.75) is 24.7 Å². The molecule has 0 bridgehead atoms. The standard InChI is InChI=1S/C9H11FN2.2C2HF3O2/c10-9-2-1-7(6-12-9)8-3-4-11-5-8;2*3-2(4,5)1(6)7/h1-2,6,8,11H,3-5H2;2*(H,6,7). The van der Waals surface area contributed by atoms with Gasteiger partial charge in [-0.1, -0.05) is 6.07 Å². The minimum absolute atomic E-state index is 0.398. The van der Waals surface area contributed by atoms with Gasteiger partial charge in [0.15, 0.2) is 0 Å². The number of hydrogen-bond acceptors (Lipinski definition) is 4. The number of pyridine rings is 1. The van der Waals surface area contributed by atoms with Crippen LogP contribution in [0.2, 0.25) is 0 Å². The van der Waals surface area contributed by atoms with E-state index in [9.17, 15) is 30.7 Å². The lowest BCUT2D eigenvalue weighted by molar-refractivity contribution is -0.193. The number of rotatable bonds is 1. The maximum Gasteiger partial charge on any atom is 0.490 e. The predicted molar refractivity (Wildman–Crippen MR) is 71.8 cm³/mol. The van der Waals surface area contributed by atoms with E-state index < -0.39 is 30.2 Å². The summed E-state index contributed by atoms with van der Waals surface area (Å²) < 4.78 is 75.9. The average Bonchev–Trinajstić information content (AvgIpc) is 3.01. The first-order valence-electron chi connectivity index (χ1n) is 6.67. The minimum atomic E-state index is -5.08. The Labute approximate surface area is 141 Å². The van der Waals surface area contributed by atoms with Gasteiger partial charge in [-0.05, 0) is 30.5 Å². The minimum Gasteiger partial charge on any atom is -0.475 e. The number of carboxylic acid groups (broad SMARTS) is 2. The largest absolute Gasteiger partial charge is 0.490 e. The monoisotopic (exact) mass is 394 g/mol. The zero-order valence-electron chi connectivity index (χ0n) is 12.7. The van der Waals surface area contributed by atoms with Crippen LogP contribution in [0, 0.1) is 5.95 Å². The van der Waals surface area contributed by atoms with Crippen molar-refractivity contribution in [2.24, 2.45) is 0 Å². The number of carboxylic acids is 2. The summed E-state index contributed by atoms with van der Waals surface area (Å²) in [4.78, 5) is 21.4. The van der Waals surface area contributed by atoms with Gasteiger partial charge in [0.25, 0.3) is 0 Å². The van der Waals surface area contributed by atoms with E-state index in [0.717, 1.165) is 25.1 Å². The molecule has 13 heteroatoms. The quantitative estimate of drug-likeness (QED) is 0.500. The molecule has 0 spiro atoms. The number of nitrogens with zero attached hydrogens (tertiary/aromatic N) is 1. The van der Waals surface area contributed by atoms with Crippen molar-refractivity contribution in [3.63, 3.8) is 0 Å². The Morgan fingerprint density at radius 1 is 1.04 bits per heavy atom. The Kier molecular flexibility index (Phi) is 8.96. The molecule has 6 nitrogen and oxygen atoms in total. The SMILES string of the molecule is Fc1ccc(C2CCNC2)cn1.O=C(O)C(F)(F)F.O=C(O)C(F)(F)F. The van der Waals surface area contributed by atoms with Crippen molar-refractivity contribution >= 4 is 11.9 Å². The van der Waals surface area contributed by atoms with Crippen LogP contribution in [0.1, 0.15) is 17.9 Å². The Morgan fingerprint density at radius 2 is 1.50 bits per heavy atom. The smallest absolute Gasteiger partial charge is 0.475 e. The van der Waals surface area contributed by atoms with Gasteiger partial charge in [0.1, 0.15) is 0 Å². The summed E-state index contributed by atoms with van der Waals surface area (Å²) in [6, 6.07) is 3.24. The number of nitrogens with one attached hydrogen (secondary N) is 1. The molecule has 1 fully saturated rings. The van der Waals surface area contributed by atoms with Crippen LogP contribution in [0.15, 0.2) is 18.3 Å². The number of carbonyl (C=O) groups is 2. The average molecular weight is 394 g/mol. The van der Waals surface area contributed by atoms with Crippen LogP contribution in [0.5, 0.6) is 0 Å². The van der Waals surface area contributed by atoms with Crippen LogP contribution in [0.25, 0.3) is 0 Å². The molecule has 148 valence electrons. The van der Waals surface area contributed by atoms with E-state index in [1.165, 1.54) is 6.07 Å². The highest BCUT2D eigenvalue weighted by atomic mass is 19.4. The van der Waals surface area contributed by atoms with Gasteiger partial charge in [0.2, 0.25) is 5.95 Å². The molecule has 0 saturated carbocycles. The first-order valence-corrected chi connectivity index (χ1v) is 6.67. The molecule has 1 saturated heterocycles. The topological polar surface area (TPSA) is 99.5 Å². The molecule has 1 aromatic rings. The Bertz CT molecular complexity index is 558. The van der Waals surface area contributed by atoms with Gasteiger partial charge in [-0.15, -0.1) is 0 Å². The van der Waals surface area contributed by atoms with Crippen LogP contribution < -0.4 is 5.32 Å². The summed E-state index contributed by atoms with van der Waals surface area (Å²) in [5, 5.41) is 17.5. The normalized spacial score (nSPS) is 16.7. The van der Waals surface area contributed by atoms with Gasteiger partial charge < -0.3 is 15.5 Å². The van der Waals surface area contributed by atoms with Crippen molar-refractivity contribution in [3.05, 3.63) is 29.8 Å². The van der Waals surface area contributed by atoms with Crippen molar-refractivity contribution in [1.82, 2.24) is 10.3 Å². The molecule has 2 rings (SSSR count). The van der Waals surface area contributed by atoms with E-state index in [2.05, 4.69) is 10.3 Å². The predicted octanol–water partition coefficient (Wildman–Crippen LogP) is 2.56. The molecule has 26 heavy (non-hydrogen) atoms. The summed E-state index contributed by atoms with van der Waals surface area (Å²) in [7, 11) is 0. The molecular formula is C13H13F7N2O4. The summed E-state index contributed by atoms with van der Waals surface area (Å²) in [5.41, 5.74) is 1.14. The van der Waals surface area contributed by atoms with E-state index in [1.807, 2.05) is 6.07 Å². The Morgan fingerprint density at radius 3 is 1.77 bits per heavy atom. The second-order valence-electron chi connectivity index (χ2n) is 4.71. The highest BCUT2D eigenvalue weighted by molar-refractivity contribution is 5.73. The van der Waals surface area contributed by atoms with Gasteiger partial charge in [-0.3, -0.25) is 0 Å². The lowest BCUT2D eigenvalue weighted by atomic mass is 10.0. The first-order chi connectivity index (χ1) is 11.7. The molecule has 0 radical (unpaired) electrons. The van der Waals surface area contributed by atoms with E-state index in [-0.39, 0.29) is 0 Å². The first kappa shape index (κ1) is 23.6. The van der Waals surface area contributed by atoms with Crippen LogP contribution >= 0.6 is 0 Å². The van der Waals surface area contributed by atoms with Crippen molar-refractivity contribution in [3.8, 4) is 0 Å². The Hall–Kier alpha value is -2.44. The van der Waals surface area contributed by atoms with Crippen molar-refractivity contribution < 1.29 is 50.5 Å². The Balaban J connectivity index is 0.000000390. The fourth-order valence-corrected chi connectivity index (χ4v) is 1.57. The van der Waals surface area contributed by atoms with Crippen LogP contribution in [0.3, 0.4) is 0 Å². The van der Waals surface area contributed by atoms with E-state index in [4.69, 9.17) is 19.8 Å². The fourth-order valence-electron chi connectivity index (χ4n) is 1.57. The second kappa shape index (κ2) is 9.89. The molecule has 2 heterocycles. The third-order valence-electron chi connectivity index (χ3n) is 2.77. The number of alkyl halides is 6. The van der Waals surface area contributed by atoms with Gasteiger partial charge in [0, 0.05) is 12.7 Å². The summed E-state index contributed by atoms with van der Waals surface area (Å²) >= 11 is 0. The number of hydrogen-bond donors (Lipinski definition) is 3. The number of aliphatic carboxylic acids is 2. The maximum absolute atomic E-state index is 12.4. The zero-order chi connectivity index (χ0) is 20.5. The van der Waals surface area contributed by atoms with Crippen LogP contribution in [0.4, 0.5) is 30.7 Å². The second-order valence-corrected chi connectivity index (χ2v) is 4.71. The zero-order valence-corrected chi connectivity index (χ0v) is 12.7. The molecular weight excluding hydrogens is 381 g/mol. The lowest BCUT2D eigenvalue weighted by Gasteiger charge is -2.06. The summed E-state index contributed by atoms with van der Waals surface area (Å²) in [6.45, 7) is 2.05. The van der Waals surface area contributed by atoms with Gasteiger partial charge in [0.05, 0.1) is 0 Å². The molecule has 1 unspecified atom stereocenters. The highest BCUT2D eigenvalue weighted by Gasteiger charge is 2.38. The molecule has 0 amide bonds. The molecule has 3 N–H and O–H groups in total. The van der Waals surface area contributed by atoms with Gasteiger partial charge in [-0.25, -0.2) is 14.6 Å². The van der Waals surface area contributed by atoms with Crippen LogP contribution in [-0.4, -0.2) is 52.6 Å². The van der Waals surface area contributed by atoms with Crippen molar-refractivity contribution in [1.29, 1.82) is 0 Å². The molecule has 1 atom stereocenters. The third-order valence-corrected chi connectivity index (χ3v) is 2.77. The third kappa shape index (κ3) is 9.76. The molecule has 1 aromatic heterocycles. The number of aromatic nitrogens is 1. The van der Waals surface area contributed by atoms with E-state index in [1.54, 1.807) is 6.20 Å². The summed E-state index contributed by atoms with van der Waals surface area (Å²) in [5.74, 6) is -5.39. The summed E-state index contributed by atoms with van der Waals surface area (Å²) in [6.07, 6.45) is -7.40. The highest BCUT2D eigenvalue weighted by Crippen LogP contribution is 2.21. The molecule has 0 aliphatic carbocycles. The van der Waals surface area contributed by atoms with Gasteiger partial charge >= 0.3 is 24.3 Å². The fraction of sp³-hybridized carbons (Fsp3) is 0.462. The molecule has 1 aliphatic rings. The van der Waals surface area contributed by atoms with Gasteiger partial charge in [-0.2, -0.15) is 30.7 Å². The van der Waals surface area contributed by atoms with E-state index in [0.29, 0.717) is 5.92 Å². The lowest BCUT2D eigenvalue weighted by Crippen LogP contribution is -2.21. The molecule has 1 aliphatic heterocycles. The van der Waals surface area contributed by atoms with E-state index >= 15 is 0 Å². The maximum atomic E-state index is 12.4.